The molecule has 2 N–H and O–H groups in total. The second kappa shape index (κ2) is 9.25. The number of nitrogens with zero attached hydrogens (tertiary/aromatic N) is 1. The number of hydrogen-bond donors (Lipinski definition) is 2. The van der Waals surface area contributed by atoms with Gasteiger partial charge in [-0.05, 0) is 24.1 Å². The van der Waals surface area contributed by atoms with Gasteiger partial charge in [0, 0.05) is 26.1 Å². The summed E-state index contributed by atoms with van der Waals surface area (Å²) >= 11 is 0. The first kappa shape index (κ1) is 20.5. The topological polar surface area (TPSA) is 105 Å². The summed E-state index contributed by atoms with van der Waals surface area (Å²) in [5, 5.41) is 11.5. The van der Waals surface area contributed by atoms with Crippen LogP contribution in [0, 0.1) is 11.8 Å². The maximum Gasteiger partial charge on any atom is 0.308 e. The number of methoxy groups -OCH3 is 2. The highest BCUT2D eigenvalue weighted by atomic mass is 16.5. The van der Waals surface area contributed by atoms with E-state index in [0.717, 1.165) is 5.56 Å². The lowest BCUT2D eigenvalue weighted by Crippen LogP contribution is -2.37. The number of benzene rings is 1. The van der Waals surface area contributed by atoms with Gasteiger partial charge < -0.3 is 24.8 Å². The van der Waals surface area contributed by atoms with Gasteiger partial charge in [0.15, 0.2) is 11.5 Å². The van der Waals surface area contributed by atoms with E-state index in [1.54, 1.807) is 19.1 Å². The van der Waals surface area contributed by atoms with Crippen LogP contribution < -0.4 is 14.8 Å². The van der Waals surface area contributed by atoms with Gasteiger partial charge in [0.05, 0.1) is 26.1 Å². The van der Waals surface area contributed by atoms with Gasteiger partial charge >= 0.3 is 5.97 Å². The smallest absolute Gasteiger partial charge is 0.308 e. The Bertz CT molecular complexity index is 705. The van der Waals surface area contributed by atoms with E-state index >= 15 is 0 Å². The van der Waals surface area contributed by atoms with E-state index in [1.807, 2.05) is 18.2 Å². The minimum absolute atomic E-state index is 0.0600. The minimum Gasteiger partial charge on any atom is -0.493 e. The van der Waals surface area contributed by atoms with Crippen LogP contribution >= 0.6 is 0 Å². The molecule has 0 radical (unpaired) electrons. The van der Waals surface area contributed by atoms with Crippen LogP contribution in [0.3, 0.4) is 0 Å². The van der Waals surface area contributed by atoms with Gasteiger partial charge in [-0.25, -0.2) is 0 Å². The summed E-state index contributed by atoms with van der Waals surface area (Å²) in [6.45, 7) is 2.44. The van der Waals surface area contributed by atoms with Crippen molar-refractivity contribution in [2.24, 2.45) is 11.8 Å². The van der Waals surface area contributed by atoms with Crippen LogP contribution in [0.4, 0.5) is 0 Å². The van der Waals surface area contributed by atoms with Crippen LogP contribution in [0.2, 0.25) is 0 Å². The molecule has 2 unspecified atom stereocenters. The molecule has 1 heterocycles. The average Bonchev–Trinajstić information content (AvgIpc) is 3.04. The molecule has 1 fully saturated rings. The molecule has 8 nitrogen and oxygen atoms in total. The minimum atomic E-state index is -0.964. The molecule has 1 aromatic carbocycles. The Morgan fingerprint density at radius 2 is 2.00 bits per heavy atom. The molecular formula is C19H26N2O6. The number of rotatable bonds is 9. The highest BCUT2D eigenvalue weighted by Gasteiger charge is 2.34. The summed E-state index contributed by atoms with van der Waals surface area (Å²) in [6, 6.07) is 5.61. The van der Waals surface area contributed by atoms with Crippen molar-refractivity contribution in [3.63, 3.8) is 0 Å². The van der Waals surface area contributed by atoms with Crippen molar-refractivity contribution in [3.8, 4) is 11.5 Å². The predicted octanol–water partition coefficient (Wildman–Crippen LogP) is 0.932. The summed E-state index contributed by atoms with van der Waals surface area (Å²) in [5.74, 6) is -1.13. The third kappa shape index (κ3) is 5.35. The molecule has 2 atom stereocenters. The zero-order valence-corrected chi connectivity index (χ0v) is 15.9. The lowest BCUT2D eigenvalue weighted by atomic mass is 10.1. The van der Waals surface area contributed by atoms with Gasteiger partial charge in [0.1, 0.15) is 0 Å². The van der Waals surface area contributed by atoms with Gasteiger partial charge in [-0.1, -0.05) is 13.0 Å². The molecule has 0 aromatic heterocycles. The number of carboxylic acids is 1. The molecular weight excluding hydrogens is 352 g/mol. The van der Waals surface area contributed by atoms with Crippen molar-refractivity contribution in [2.45, 2.75) is 19.8 Å². The molecule has 1 saturated heterocycles. The second-order valence-corrected chi connectivity index (χ2v) is 6.66. The summed E-state index contributed by atoms with van der Waals surface area (Å²) in [7, 11) is 3.14. The first-order valence-corrected chi connectivity index (χ1v) is 8.84. The Hall–Kier alpha value is -2.77. The maximum absolute atomic E-state index is 12.2. The fourth-order valence-electron chi connectivity index (χ4n) is 2.95. The Kier molecular flexibility index (Phi) is 7.04. The number of hydrogen-bond acceptors (Lipinski definition) is 5. The molecule has 0 bridgehead atoms. The number of nitrogens with one attached hydrogen (secondary N) is 1. The first-order valence-electron chi connectivity index (χ1n) is 8.84. The Labute approximate surface area is 158 Å². The van der Waals surface area contributed by atoms with Gasteiger partial charge in [-0.15, -0.1) is 0 Å². The lowest BCUT2D eigenvalue weighted by Gasteiger charge is -2.17. The molecule has 1 aliphatic heterocycles. The van der Waals surface area contributed by atoms with E-state index in [2.05, 4.69) is 5.32 Å². The van der Waals surface area contributed by atoms with Gasteiger partial charge in [-0.3, -0.25) is 14.4 Å². The van der Waals surface area contributed by atoms with E-state index in [1.165, 1.54) is 6.92 Å². The number of likely N-dealkylation sites (tertiary alicyclic amines) is 1. The van der Waals surface area contributed by atoms with Gasteiger partial charge in [0.25, 0.3) is 0 Å². The molecule has 1 aromatic rings. The summed E-state index contributed by atoms with van der Waals surface area (Å²) < 4.78 is 10.5. The van der Waals surface area contributed by atoms with Crippen molar-refractivity contribution >= 4 is 17.8 Å². The quantitative estimate of drug-likeness (QED) is 0.662. The predicted molar refractivity (Wildman–Crippen MR) is 97.7 cm³/mol. The fraction of sp³-hybridized carbons (Fsp3) is 0.526. The monoisotopic (exact) mass is 378 g/mol. The number of aliphatic carboxylic acids is 1. The van der Waals surface area contributed by atoms with E-state index in [9.17, 15) is 14.4 Å². The molecule has 1 aliphatic rings. The zero-order chi connectivity index (χ0) is 20.0. The van der Waals surface area contributed by atoms with Crippen LogP contribution in [0.25, 0.3) is 0 Å². The Balaban J connectivity index is 1.87. The van der Waals surface area contributed by atoms with Crippen LogP contribution in [0.1, 0.15) is 18.9 Å². The third-order valence-corrected chi connectivity index (χ3v) is 4.71. The molecule has 8 heteroatoms. The Morgan fingerprint density at radius 1 is 1.30 bits per heavy atom. The molecule has 2 amide bonds. The number of carbonyl (C=O) groups is 3. The molecule has 148 valence electrons. The van der Waals surface area contributed by atoms with E-state index < -0.39 is 17.8 Å². The van der Waals surface area contributed by atoms with Crippen LogP contribution in [0.5, 0.6) is 11.5 Å². The molecule has 0 spiro atoms. The number of amides is 2. The van der Waals surface area contributed by atoms with E-state index in [-0.39, 0.29) is 24.8 Å². The summed E-state index contributed by atoms with van der Waals surface area (Å²) in [6.07, 6.45) is 0.787. The van der Waals surface area contributed by atoms with Crippen LogP contribution in [-0.4, -0.2) is 61.6 Å². The SMILES string of the molecule is COc1ccc(CCN2CC(C(=O)NCC(C)C(=O)O)CC2=O)cc1OC. The maximum atomic E-state index is 12.2. The molecule has 2 rings (SSSR count). The second-order valence-electron chi connectivity index (χ2n) is 6.66. The van der Waals surface area contributed by atoms with Crippen molar-refractivity contribution in [1.29, 1.82) is 0 Å². The molecule has 27 heavy (non-hydrogen) atoms. The first-order chi connectivity index (χ1) is 12.8. The summed E-state index contributed by atoms with van der Waals surface area (Å²) in [5.41, 5.74) is 1.00. The van der Waals surface area contributed by atoms with Crippen LogP contribution in [0.15, 0.2) is 18.2 Å². The highest BCUT2D eigenvalue weighted by molar-refractivity contribution is 5.89. The van der Waals surface area contributed by atoms with Crippen molar-refractivity contribution in [2.75, 3.05) is 33.9 Å². The van der Waals surface area contributed by atoms with E-state index in [4.69, 9.17) is 14.6 Å². The van der Waals surface area contributed by atoms with Crippen molar-refractivity contribution in [3.05, 3.63) is 23.8 Å². The van der Waals surface area contributed by atoms with Crippen molar-refractivity contribution < 1.29 is 29.0 Å². The van der Waals surface area contributed by atoms with Gasteiger partial charge in [0.2, 0.25) is 11.8 Å². The average molecular weight is 378 g/mol. The molecule has 0 aliphatic carbocycles. The Morgan fingerprint density at radius 3 is 2.63 bits per heavy atom. The largest absolute Gasteiger partial charge is 0.493 e. The van der Waals surface area contributed by atoms with Crippen LogP contribution in [-0.2, 0) is 20.8 Å². The lowest BCUT2D eigenvalue weighted by molar-refractivity contribution is -0.141. The number of carboxylic acid groups (broad SMARTS) is 1. The van der Waals surface area contributed by atoms with Crippen molar-refractivity contribution in [1.82, 2.24) is 10.2 Å². The molecule has 0 saturated carbocycles. The van der Waals surface area contributed by atoms with E-state index in [0.29, 0.717) is 31.0 Å². The fourth-order valence-corrected chi connectivity index (χ4v) is 2.95. The normalized spacial score (nSPS) is 17.5. The summed E-state index contributed by atoms with van der Waals surface area (Å²) in [4.78, 5) is 36.8. The standard InChI is InChI=1S/C19H26N2O6/c1-12(19(24)25)10-20-18(23)14-9-17(22)21(11-14)7-6-13-4-5-15(26-2)16(8-13)27-3/h4-5,8,12,14H,6-7,9-11H2,1-3H3,(H,20,23)(H,24,25). The zero-order valence-electron chi connectivity index (χ0n) is 15.9. The van der Waals surface area contributed by atoms with Gasteiger partial charge in [-0.2, -0.15) is 0 Å². The highest BCUT2D eigenvalue weighted by Crippen LogP contribution is 2.28. The third-order valence-electron chi connectivity index (χ3n) is 4.71. The number of ether oxygens (including phenoxy) is 2. The number of carbonyl (C=O) groups excluding carboxylic acids is 2.